The van der Waals surface area contributed by atoms with Gasteiger partial charge in [-0.25, -0.2) is 0 Å². The Bertz CT molecular complexity index is 406. The molecule has 0 bridgehead atoms. The molecule has 0 unspecified atom stereocenters. The molecule has 0 aliphatic rings. The number of nitrogens with zero attached hydrogens (tertiary/aromatic N) is 2. The van der Waals surface area contributed by atoms with Crippen LogP contribution in [0.2, 0.25) is 0 Å². The molecule has 0 aromatic carbocycles. The molecule has 1 aromatic rings. The Kier molecular flexibility index (Phi) is 3.89. The highest BCUT2D eigenvalue weighted by molar-refractivity contribution is 7.14. The molecule has 16 heavy (non-hydrogen) atoms. The van der Waals surface area contributed by atoms with Crippen LogP contribution in [-0.2, 0) is 0 Å². The van der Waals surface area contributed by atoms with Crippen LogP contribution < -0.4 is 5.73 Å². The Morgan fingerprint density at radius 1 is 1.62 bits per heavy atom. The van der Waals surface area contributed by atoms with Crippen LogP contribution in [0.25, 0.3) is 0 Å². The van der Waals surface area contributed by atoms with Gasteiger partial charge >= 0.3 is 0 Å². The Labute approximate surface area is 98.2 Å². The molecule has 1 heterocycles. The van der Waals surface area contributed by atoms with E-state index < -0.39 is 0 Å². The van der Waals surface area contributed by atoms with E-state index >= 15 is 0 Å². The molecule has 0 saturated heterocycles. The smallest absolute Gasteiger partial charge is 0.264 e. The van der Waals surface area contributed by atoms with Crippen molar-refractivity contribution in [1.82, 2.24) is 4.90 Å². The normalized spacial score (nSPS) is 11.6. The summed E-state index contributed by atoms with van der Waals surface area (Å²) >= 11 is 1.45. The second-order valence-electron chi connectivity index (χ2n) is 3.60. The minimum absolute atomic E-state index is 0.0147. The van der Waals surface area contributed by atoms with Gasteiger partial charge in [0.2, 0.25) is 0 Å². The van der Waals surface area contributed by atoms with Crippen LogP contribution >= 0.6 is 11.3 Å². The molecule has 3 N–H and O–H groups in total. The van der Waals surface area contributed by atoms with E-state index in [-0.39, 0.29) is 18.3 Å². The van der Waals surface area contributed by atoms with Gasteiger partial charge in [-0.15, -0.1) is 11.3 Å². The molecule has 1 rings (SSSR count). The quantitative estimate of drug-likeness (QED) is 0.361. The molecule has 0 aliphatic heterocycles. The minimum Gasteiger partial charge on any atom is -0.409 e. The van der Waals surface area contributed by atoms with Crippen molar-refractivity contribution in [3.05, 3.63) is 21.4 Å². The molecule has 1 aromatic heterocycles. The zero-order valence-electron chi connectivity index (χ0n) is 9.52. The van der Waals surface area contributed by atoms with Gasteiger partial charge in [0.25, 0.3) is 5.91 Å². The fourth-order valence-electron chi connectivity index (χ4n) is 1.21. The first-order valence-corrected chi connectivity index (χ1v) is 5.56. The van der Waals surface area contributed by atoms with E-state index in [9.17, 15) is 4.79 Å². The van der Waals surface area contributed by atoms with Crippen molar-refractivity contribution < 1.29 is 10.0 Å². The van der Waals surface area contributed by atoms with Crippen LogP contribution in [0.5, 0.6) is 0 Å². The van der Waals surface area contributed by atoms with Gasteiger partial charge in [0.1, 0.15) is 0 Å². The highest BCUT2D eigenvalue weighted by Crippen LogP contribution is 2.21. The Morgan fingerprint density at radius 2 is 2.25 bits per heavy atom. The standard InChI is InChI=1S/C10H15N3O2S/c1-6-4-8(16-7(6)2)10(14)13(3)5-9(11)12-15/h4,15H,5H2,1-3H3,(H2,11,12). The molecule has 0 spiro atoms. The first-order chi connectivity index (χ1) is 7.45. The van der Waals surface area contributed by atoms with Gasteiger partial charge in [-0.1, -0.05) is 5.16 Å². The summed E-state index contributed by atoms with van der Waals surface area (Å²) in [5, 5.41) is 11.2. The number of amidine groups is 1. The van der Waals surface area contributed by atoms with Gasteiger partial charge in [-0.2, -0.15) is 0 Å². The number of hydrogen-bond acceptors (Lipinski definition) is 4. The summed E-state index contributed by atoms with van der Waals surface area (Å²) in [6.45, 7) is 4.05. The van der Waals surface area contributed by atoms with Crippen LogP contribution in [0.1, 0.15) is 20.1 Å². The number of aryl methyl sites for hydroxylation is 2. The third-order valence-corrected chi connectivity index (χ3v) is 3.39. The number of oxime groups is 1. The third-order valence-electron chi connectivity index (χ3n) is 2.25. The maximum Gasteiger partial charge on any atom is 0.264 e. The number of carbonyl (C=O) groups is 1. The minimum atomic E-state index is -0.118. The molecule has 0 fully saturated rings. The number of rotatable bonds is 3. The van der Waals surface area contributed by atoms with Gasteiger partial charge in [0.05, 0.1) is 11.4 Å². The van der Waals surface area contributed by atoms with Crippen LogP contribution in [0.15, 0.2) is 11.2 Å². The van der Waals surface area contributed by atoms with Crippen LogP contribution in [0.3, 0.4) is 0 Å². The van der Waals surface area contributed by atoms with Crippen molar-refractivity contribution in [3.8, 4) is 0 Å². The Balaban J connectivity index is 2.78. The largest absolute Gasteiger partial charge is 0.409 e. The molecule has 88 valence electrons. The van der Waals surface area contributed by atoms with Crippen molar-refractivity contribution in [2.75, 3.05) is 13.6 Å². The van der Waals surface area contributed by atoms with Gasteiger partial charge in [0.15, 0.2) is 5.84 Å². The summed E-state index contributed by atoms with van der Waals surface area (Å²) in [4.78, 5) is 15.1. The summed E-state index contributed by atoms with van der Waals surface area (Å²) < 4.78 is 0. The molecule has 5 nitrogen and oxygen atoms in total. The van der Waals surface area contributed by atoms with Gasteiger partial charge < -0.3 is 15.8 Å². The van der Waals surface area contributed by atoms with Crippen molar-refractivity contribution in [2.45, 2.75) is 13.8 Å². The number of nitrogens with two attached hydrogens (primary N) is 1. The summed E-state index contributed by atoms with van der Waals surface area (Å²) in [6.07, 6.45) is 0. The first-order valence-electron chi connectivity index (χ1n) is 4.74. The van der Waals surface area contributed by atoms with Crippen molar-refractivity contribution in [2.24, 2.45) is 10.9 Å². The van der Waals surface area contributed by atoms with Crippen LogP contribution in [0, 0.1) is 13.8 Å². The predicted octanol–water partition coefficient (Wildman–Crippen LogP) is 1.18. The fraction of sp³-hybridized carbons (Fsp3) is 0.400. The van der Waals surface area contributed by atoms with E-state index in [1.807, 2.05) is 19.9 Å². The second-order valence-corrected chi connectivity index (χ2v) is 4.86. The van der Waals surface area contributed by atoms with E-state index in [0.29, 0.717) is 4.88 Å². The van der Waals surface area contributed by atoms with Gasteiger partial charge in [0, 0.05) is 11.9 Å². The van der Waals surface area contributed by atoms with Crippen molar-refractivity contribution in [3.63, 3.8) is 0 Å². The van der Waals surface area contributed by atoms with Crippen LogP contribution in [0.4, 0.5) is 0 Å². The molecule has 6 heteroatoms. The zero-order chi connectivity index (χ0) is 12.3. The molecule has 1 amide bonds. The average molecular weight is 241 g/mol. The summed E-state index contributed by atoms with van der Waals surface area (Å²) in [7, 11) is 1.62. The molecule has 0 aliphatic carbocycles. The summed E-state index contributed by atoms with van der Waals surface area (Å²) in [5.74, 6) is -0.103. The van der Waals surface area contributed by atoms with Crippen molar-refractivity contribution >= 4 is 23.1 Å². The van der Waals surface area contributed by atoms with Gasteiger partial charge in [-0.05, 0) is 25.5 Å². The monoisotopic (exact) mass is 241 g/mol. The molecule has 0 atom stereocenters. The predicted molar refractivity (Wildman–Crippen MR) is 64.2 cm³/mol. The van der Waals surface area contributed by atoms with Gasteiger partial charge in [-0.3, -0.25) is 4.79 Å². The Morgan fingerprint density at radius 3 is 2.69 bits per heavy atom. The molecule has 0 saturated carbocycles. The Hall–Kier alpha value is -1.56. The molecule has 0 radical (unpaired) electrons. The number of likely N-dealkylation sites (N-methyl/N-ethyl adjacent to an activating group) is 1. The second kappa shape index (κ2) is 4.98. The number of amides is 1. The maximum absolute atomic E-state index is 11.9. The highest BCUT2D eigenvalue weighted by Gasteiger charge is 2.15. The lowest BCUT2D eigenvalue weighted by molar-refractivity contribution is 0.0818. The number of hydrogen-bond donors (Lipinski definition) is 2. The fourth-order valence-corrected chi connectivity index (χ4v) is 2.24. The lowest BCUT2D eigenvalue weighted by Crippen LogP contribution is -2.35. The lowest BCUT2D eigenvalue weighted by Gasteiger charge is -2.14. The van der Waals surface area contributed by atoms with E-state index in [2.05, 4.69) is 5.16 Å². The lowest BCUT2D eigenvalue weighted by atomic mass is 10.3. The van der Waals surface area contributed by atoms with E-state index in [1.165, 1.54) is 16.2 Å². The number of carbonyl (C=O) groups excluding carboxylic acids is 1. The number of thiophene rings is 1. The summed E-state index contributed by atoms with van der Waals surface area (Å²) in [5.41, 5.74) is 6.44. The average Bonchev–Trinajstić information content (AvgIpc) is 2.57. The highest BCUT2D eigenvalue weighted by atomic mass is 32.1. The van der Waals surface area contributed by atoms with E-state index in [0.717, 1.165) is 10.4 Å². The first kappa shape index (κ1) is 12.5. The molecular formula is C10H15N3O2S. The molecular weight excluding hydrogens is 226 g/mol. The zero-order valence-corrected chi connectivity index (χ0v) is 10.3. The summed E-state index contributed by atoms with van der Waals surface area (Å²) in [6, 6.07) is 1.85. The topological polar surface area (TPSA) is 78.9 Å². The van der Waals surface area contributed by atoms with Crippen LogP contribution in [-0.4, -0.2) is 35.4 Å². The SMILES string of the molecule is Cc1cc(C(=O)N(C)CC(N)=NO)sc1C. The maximum atomic E-state index is 11.9. The van der Waals surface area contributed by atoms with Crippen molar-refractivity contribution in [1.29, 1.82) is 0 Å². The van der Waals surface area contributed by atoms with E-state index in [4.69, 9.17) is 10.9 Å². The third kappa shape index (κ3) is 2.73. The van der Waals surface area contributed by atoms with E-state index in [1.54, 1.807) is 7.05 Å².